The molecule has 5 nitrogen and oxygen atoms in total. The third kappa shape index (κ3) is 3.07. The first-order valence-electron chi connectivity index (χ1n) is 8.28. The van der Waals surface area contributed by atoms with Crippen molar-refractivity contribution >= 4 is 22.7 Å². The fourth-order valence-corrected chi connectivity index (χ4v) is 2.92. The summed E-state index contributed by atoms with van der Waals surface area (Å²) in [5, 5.41) is 9.63. The van der Waals surface area contributed by atoms with Crippen LogP contribution in [-0.4, -0.2) is 21.6 Å². The van der Waals surface area contributed by atoms with Gasteiger partial charge in [0.1, 0.15) is 23.5 Å². The van der Waals surface area contributed by atoms with Gasteiger partial charge in [-0.15, -0.1) is 0 Å². The van der Waals surface area contributed by atoms with Gasteiger partial charge >= 0.3 is 0 Å². The smallest absolute Gasteiger partial charge is 0.149 e. The number of halogens is 1. The van der Waals surface area contributed by atoms with E-state index in [0.717, 1.165) is 11.0 Å². The molecule has 27 heavy (non-hydrogen) atoms. The van der Waals surface area contributed by atoms with Gasteiger partial charge in [0.25, 0.3) is 0 Å². The molecule has 0 amide bonds. The zero-order chi connectivity index (χ0) is 18.8. The third-order valence-corrected chi connectivity index (χ3v) is 4.25. The molecule has 0 aliphatic carbocycles. The van der Waals surface area contributed by atoms with Crippen molar-refractivity contribution in [3.05, 3.63) is 78.1 Å². The van der Waals surface area contributed by atoms with E-state index in [9.17, 15) is 9.65 Å². The number of rotatable bonds is 4. The van der Waals surface area contributed by atoms with E-state index in [4.69, 9.17) is 4.74 Å². The summed E-state index contributed by atoms with van der Waals surface area (Å²) in [6, 6.07) is 17.7. The normalized spacial score (nSPS) is 11.5. The molecule has 0 aliphatic rings. The lowest BCUT2D eigenvalue weighted by Gasteiger charge is -2.07. The van der Waals surface area contributed by atoms with Gasteiger partial charge in [0.2, 0.25) is 0 Å². The Morgan fingerprint density at radius 3 is 2.85 bits per heavy atom. The Balaban J connectivity index is 1.79. The van der Waals surface area contributed by atoms with E-state index in [-0.39, 0.29) is 5.82 Å². The first kappa shape index (κ1) is 16.6. The van der Waals surface area contributed by atoms with Gasteiger partial charge in [-0.05, 0) is 42.5 Å². The predicted octanol–water partition coefficient (Wildman–Crippen LogP) is 4.57. The van der Waals surface area contributed by atoms with Crippen LogP contribution < -0.4 is 4.74 Å². The SMILES string of the molecule is COc1ccc2nc(/C(C#N)=C/c3cccn3-c3ccccc3F)[nH]c2c1. The second-order valence-electron chi connectivity index (χ2n) is 5.89. The first-order valence-corrected chi connectivity index (χ1v) is 8.28. The minimum absolute atomic E-state index is 0.335. The fraction of sp³-hybridized carbons (Fsp3) is 0.0476. The van der Waals surface area contributed by atoms with Crippen LogP contribution in [0.5, 0.6) is 5.75 Å². The third-order valence-electron chi connectivity index (χ3n) is 4.25. The molecule has 2 heterocycles. The number of nitrogens with one attached hydrogen (secondary N) is 1. The number of aromatic amines is 1. The number of imidazole rings is 1. The zero-order valence-corrected chi connectivity index (χ0v) is 14.5. The summed E-state index contributed by atoms with van der Waals surface area (Å²) in [5.74, 6) is 0.813. The van der Waals surface area contributed by atoms with Crippen LogP contribution in [0.3, 0.4) is 0 Å². The van der Waals surface area contributed by atoms with Crippen molar-refractivity contribution in [1.29, 1.82) is 5.26 Å². The number of aromatic nitrogens is 3. The van der Waals surface area contributed by atoms with Crippen LogP contribution in [0.25, 0.3) is 28.4 Å². The Morgan fingerprint density at radius 1 is 1.22 bits per heavy atom. The average molecular weight is 358 g/mol. The quantitative estimate of drug-likeness (QED) is 0.544. The number of methoxy groups -OCH3 is 1. The van der Waals surface area contributed by atoms with Gasteiger partial charge in [0.15, 0.2) is 0 Å². The number of H-pyrrole nitrogens is 1. The van der Waals surface area contributed by atoms with E-state index in [1.54, 1.807) is 48.2 Å². The minimum atomic E-state index is -0.335. The van der Waals surface area contributed by atoms with Crippen LogP contribution in [0.2, 0.25) is 0 Å². The number of para-hydroxylation sites is 1. The molecule has 0 fully saturated rings. The van der Waals surface area contributed by atoms with Crippen molar-refractivity contribution in [2.24, 2.45) is 0 Å². The zero-order valence-electron chi connectivity index (χ0n) is 14.5. The molecular formula is C21H15FN4O. The van der Waals surface area contributed by atoms with E-state index < -0.39 is 0 Å². The lowest BCUT2D eigenvalue weighted by molar-refractivity contribution is 0.415. The van der Waals surface area contributed by atoms with Gasteiger partial charge in [-0.2, -0.15) is 5.26 Å². The van der Waals surface area contributed by atoms with Crippen molar-refractivity contribution in [2.45, 2.75) is 0 Å². The maximum Gasteiger partial charge on any atom is 0.149 e. The lowest BCUT2D eigenvalue weighted by Crippen LogP contribution is -1.98. The second-order valence-corrected chi connectivity index (χ2v) is 5.89. The Hall–Kier alpha value is -3.85. The highest BCUT2D eigenvalue weighted by Crippen LogP contribution is 2.24. The maximum absolute atomic E-state index is 14.1. The van der Waals surface area contributed by atoms with Crippen LogP contribution in [0.15, 0.2) is 60.8 Å². The molecular weight excluding hydrogens is 343 g/mol. The molecule has 4 rings (SSSR count). The van der Waals surface area contributed by atoms with E-state index >= 15 is 0 Å². The van der Waals surface area contributed by atoms with E-state index in [2.05, 4.69) is 16.0 Å². The number of nitrogens with zero attached hydrogens (tertiary/aromatic N) is 3. The standard InChI is InChI=1S/C21H15FN4O/c1-27-16-8-9-18-19(12-16)25-21(24-18)14(13-23)11-15-5-4-10-26(15)20-7-3-2-6-17(20)22/h2-12H,1H3,(H,24,25)/b14-11+. The number of benzene rings is 2. The van der Waals surface area contributed by atoms with Crippen LogP contribution in [0.4, 0.5) is 4.39 Å². The molecule has 6 heteroatoms. The average Bonchev–Trinajstić information content (AvgIpc) is 3.32. The molecule has 0 spiro atoms. The summed E-state index contributed by atoms with van der Waals surface area (Å²) in [5.41, 5.74) is 2.95. The van der Waals surface area contributed by atoms with E-state index in [1.807, 2.05) is 24.3 Å². The number of allylic oxidation sites excluding steroid dienone is 1. The number of hydrogen-bond donors (Lipinski definition) is 1. The Morgan fingerprint density at radius 2 is 2.07 bits per heavy atom. The molecule has 0 unspecified atom stereocenters. The van der Waals surface area contributed by atoms with Gasteiger partial charge < -0.3 is 14.3 Å². The van der Waals surface area contributed by atoms with Crippen LogP contribution >= 0.6 is 0 Å². The molecule has 0 atom stereocenters. The van der Waals surface area contributed by atoms with E-state index in [1.165, 1.54) is 6.07 Å². The molecule has 4 aromatic rings. The van der Waals surface area contributed by atoms with Gasteiger partial charge in [0, 0.05) is 18.0 Å². The largest absolute Gasteiger partial charge is 0.497 e. The molecule has 0 bridgehead atoms. The highest BCUT2D eigenvalue weighted by Gasteiger charge is 2.11. The van der Waals surface area contributed by atoms with Crippen LogP contribution in [-0.2, 0) is 0 Å². The number of hydrogen-bond acceptors (Lipinski definition) is 3. The lowest BCUT2D eigenvalue weighted by atomic mass is 10.2. The predicted molar refractivity (Wildman–Crippen MR) is 102 cm³/mol. The van der Waals surface area contributed by atoms with Crippen molar-refractivity contribution in [2.75, 3.05) is 7.11 Å². The molecule has 0 saturated heterocycles. The van der Waals surface area contributed by atoms with Gasteiger partial charge in [0.05, 0.1) is 29.4 Å². The minimum Gasteiger partial charge on any atom is -0.497 e. The van der Waals surface area contributed by atoms with Gasteiger partial charge in [-0.1, -0.05) is 12.1 Å². The summed E-state index contributed by atoms with van der Waals surface area (Å²) in [6.45, 7) is 0. The number of fused-ring (bicyclic) bond motifs is 1. The molecule has 0 radical (unpaired) electrons. The highest BCUT2D eigenvalue weighted by atomic mass is 19.1. The van der Waals surface area contributed by atoms with Crippen molar-refractivity contribution < 1.29 is 9.13 Å². The van der Waals surface area contributed by atoms with Crippen LogP contribution in [0, 0.1) is 17.1 Å². The maximum atomic E-state index is 14.1. The van der Waals surface area contributed by atoms with E-state index in [0.29, 0.717) is 28.5 Å². The number of nitriles is 1. The summed E-state index contributed by atoms with van der Waals surface area (Å²) >= 11 is 0. The summed E-state index contributed by atoms with van der Waals surface area (Å²) in [7, 11) is 1.59. The molecule has 132 valence electrons. The Labute approximate surface area is 155 Å². The van der Waals surface area contributed by atoms with Gasteiger partial charge in [-0.3, -0.25) is 0 Å². The summed E-state index contributed by atoms with van der Waals surface area (Å²) in [4.78, 5) is 7.61. The highest BCUT2D eigenvalue weighted by molar-refractivity contribution is 5.90. The monoisotopic (exact) mass is 358 g/mol. The second kappa shape index (κ2) is 6.81. The molecule has 0 saturated carbocycles. The fourth-order valence-electron chi connectivity index (χ4n) is 2.92. The summed E-state index contributed by atoms with van der Waals surface area (Å²) in [6.07, 6.45) is 3.43. The Bertz CT molecular complexity index is 1200. The van der Waals surface area contributed by atoms with Crippen molar-refractivity contribution in [1.82, 2.24) is 14.5 Å². The molecule has 2 aromatic heterocycles. The van der Waals surface area contributed by atoms with Crippen molar-refractivity contribution in [3.8, 4) is 17.5 Å². The number of ether oxygens (including phenoxy) is 1. The summed E-state index contributed by atoms with van der Waals surface area (Å²) < 4.78 is 21.1. The molecule has 1 N–H and O–H groups in total. The van der Waals surface area contributed by atoms with Crippen LogP contribution in [0.1, 0.15) is 11.5 Å². The Kier molecular flexibility index (Phi) is 4.19. The topological polar surface area (TPSA) is 66.6 Å². The van der Waals surface area contributed by atoms with Crippen molar-refractivity contribution in [3.63, 3.8) is 0 Å². The first-order chi connectivity index (χ1) is 13.2. The van der Waals surface area contributed by atoms with Gasteiger partial charge in [-0.25, -0.2) is 9.37 Å². The molecule has 0 aliphatic heterocycles. The molecule has 2 aromatic carbocycles.